The van der Waals surface area contributed by atoms with E-state index in [1.807, 2.05) is 12.1 Å². The lowest BCUT2D eigenvalue weighted by Crippen LogP contribution is -2.29. The van der Waals surface area contributed by atoms with Crippen LogP contribution < -0.4 is 10.6 Å². The molecule has 2 N–H and O–H groups in total. The number of carbonyl (C=O) groups excluding carboxylic acids is 1. The summed E-state index contributed by atoms with van der Waals surface area (Å²) in [5, 5.41) is 6.12. The highest BCUT2D eigenvalue weighted by atomic mass is 19.4. The number of amides is 1. The van der Waals surface area contributed by atoms with Crippen LogP contribution in [0.4, 0.5) is 13.2 Å². The summed E-state index contributed by atoms with van der Waals surface area (Å²) in [6.45, 7) is 3.83. The van der Waals surface area contributed by atoms with Crippen LogP contribution in [0.15, 0.2) is 42.5 Å². The molecule has 1 atom stereocenters. The molecule has 1 heterocycles. The molecular weight excluding hydrogens is 341 g/mol. The second kappa shape index (κ2) is 7.50. The van der Waals surface area contributed by atoms with Gasteiger partial charge < -0.3 is 10.6 Å². The van der Waals surface area contributed by atoms with Gasteiger partial charge in [0.25, 0.3) is 0 Å². The maximum absolute atomic E-state index is 12.9. The fraction of sp³-hybridized carbons (Fsp3) is 0.350. The Kier molecular flexibility index (Phi) is 5.32. The zero-order chi connectivity index (χ0) is 18.7. The molecule has 6 heteroatoms. The van der Waals surface area contributed by atoms with Gasteiger partial charge in [-0.3, -0.25) is 4.79 Å². The van der Waals surface area contributed by atoms with Crippen LogP contribution in [0.2, 0.25) is 0 Å². The Morgan fingerprint density at radius 2 is 1.92 bits per heavy atom. The summed E-state index contributed by atoms with van der Waals surface area (Å²) < 4.78 is 38.7. The van der Waals surface area contributed by atoms with Crippen molar-refractivity contribution in [3.63, 3.8) is 0 Å². The molecule has 1 aliphatic heterocycles. The van der Waals surface area contributed by atoms with E-state index < -0.39 is 17.7 Å². The molecule has 0 fully saturated rings. The van der Waals surface area contributed by atoms with Gasteiger partial charge in [0.1, 0.15) is 0 Å². The van der Waals surface area contributed by atoms with Crippen molar-refractivity contribution in [2.45, 2.75) is 45.1 Å². The van der Waals surface area contributed by atoms with Gasteiger partial charge in [0, 0.05) is 19.6 Å². The van der Waals surface area contributed by atoms with Gasteiger partial charge >= 0.3 is 6.18 Å². The normalized spacial score (nSPS) is 14.8. The van der Waals surface area contributed by atoms with E-state index in [9.17, 15) is 18.0 Å². The van der Waals surface area contributed by atoms with Gasteiger partial charge in [-0.2, -0.15) is 13.2 Å². The van der Waals surface area contributed by atoms with Crippen LogP contribution in [0.3, 0.4) is 0 Å². The van der Waals surface area contributed by atoms with Crippen molar-refractivity contribution < 1.29 is 18.0 Å². The fourth-order valence-corrected chi connectivity index (χ4v) is 3.27. The molecule has 138 valence electrons. The van der Waals surface area contributed by atoms with E-state index >= 15 is 0 Å². The molecule has 1 aliphatic rings. The van der Waals surface area contributed by atoms with Gasteiger partial charge in [-0.25, -0.2) is 0 Å². The predicted molar refractivity (Wildman–Crippen MR) is 93.3 cm³/mol. The zero-order valence-corrected chi connectivity index (χ0v) is 14.5. The molecule has 0 saturated carbocycles. The zero-order valence-electron chi connectivity index (χ0n) is 14.5. The number of carbonyl (C=O) groups is 1. The highest BCUT2D eigenvalue weighted by Crippen LogP contribution is 2.32. The van der Waals surface area contributed by atoms with E-state index in [-0.39, 0.29) is 5.91 Å². The van der Waals surface area contributed by atoms with Crippen LogP contribution in [0.25, 0.3) is 0 Å². The van der Waals surface area contributed by atoms with Crippen molar-refractivity contribution in [1.29, 1.82) is 0 Å². The average Bonchev–Trinajstić information content (AvgIpc) is 3.08. The lowest BCUT2D eigenvalue weighted by Gasteiger charge is -2.17. The summed E-state index contributed by atoms with van der Waals surface area (Å²) >= 11 is 0. The lowest BCUT2D eigenvalue weighted by atomic mass is 9.94. The number of rotatable bonds is 5. The van der Waals surface area contributed by atoms with Gasteiger partial charge in [0.2, 0.25) is 5.91 Å². The second-order valence-electron chi connectivity index (χ2n) is 6.51. The van der Waals surface area contributed by atoms with Gasteiger partial charge in [0.05, 0.1) is 11.5 Å². The average molecular weight is 362 g/mol. The van der Waals surface area contributed by atoms with Crippen molar-refractivity contribution in [2.75, 3.05) is 0 Å². The van der Waals surface area contributed by atoms with E-state index in [2.05, 4.69) is 16.7 Å². The van der Waals surface area contributed by atoms with E-state index in [4.69, 9.17) is 0 Å². The number of hydrogen-bond acceptors (Lipinski definition) is 2. The fourth-order valence-electron chi connectivity index (χ4n) is 3.27. The standard InChI is InChI=1S/C20H21F3N2O/c1-2-18(14-4-3-5-17(9-14)20(21,22)23)19(26)25-10-13-6-7-15-11-24-12-16(15)8-13/h3-9,18,24H,2,10-12H2,1H3,(H,25,26). The van der Waals surface area contributed by atoms with Gasteiger partial charge in [-0.05, 0) is 34.7 Å². The largest absolute Gasteiger partial charge is 0.416 e. The van der Waals surface area contributed by atoms with Crippen molar-refractivity contribution in [1.82, 2.24) is 10.6 Å². The smallest absolute Gasteiger partial charge is 0.351 e. The third-order valence-corrected chi connectivity index (χ3v) is 4.71. The number of nitrogens with one attached hydrogen (secondary N) is 2. The topological polar surface area (TPSA) is 41.1 Å². The molecule has 0 spiro atoms. The number of fused-ring (bicyclic) bond motifs is 1. The Hall–Kier alpha value is -2.34. The molecule has 0 aliphatic carbocycles. The first-order chi connectivity index (χ1) is 12.4. The minimum Gasteiger partial charge on any atom is -0.351 e. The summed E-state index contributed by atoms with van der Waals surface area (Å²) in [7, 11) is 0. The lowest BCUT2D eigenvalue weighted by molar-refractivity contribution is -0.137. The SMILES string of the molecule is CCC(C(=O)NCc1ccc2c(c1)CNC2)c1cccc(C(F)(F)F)c1. The molecule has 3 rings (SSSR count). The molecular formula is C20H21F3N2O. The van der Waals surface area contributed by atoms with Crippen LogP contribution in [-0.4, -0.2) is 5.91 Å². The molecule has 0 bridgehead atoms. The minimum absolute atomic E-state index is 0.259. The second-order valence-corrected chi connectivity index (χ2v) is 6.51. The molecule has 0 radical (unpaired) electrons. The summed E-state index contributed by atoms with van der Waals surface area (Å²) in [6.07, 6.45) is -3.98. The third kappa shape index (κ3) is 4.07. The molecule has 2 aromatic carbocycles. The molecule has 0 aromatic heterocycles. The van der Waals surface area contributed by atoms with E-state index in [0.29, 0.717) is 18.5 Å². The summed E-state index contributed by atoms with van der Waals surface area (Å²) in [5.41, 5.74) is 3.13. The first-order valence-electron chi connectivity index (χ1n) is 8.64. The maximum atomic E-state index is 12.9. The van der Waals surface area contributed by atoms with Crippen molar-refractivity contribution in [2.24, 2.45) is 0 Å². The molecule has 0 saturated heterocycles. The van der Waals surface area contributed by atoms with E-state index in [0.717, 1.165) is 30.8 Å². The molecule has 3 nitrogen and oxygen atoms in total. The molecule has 2 aromatic rings. The Labute approximate surface area is 150 Å². The first kappa shape index (κ1) is 18.5. The summed E-state index contributed by atoms with van der Waals surface area (Å²) in [5.74, 6) is -0.862. The van der Waals surface area contributed by atoms with Crippen molar-refractivity contribution >= 4 is 5.91 Å². The van der Waals surface area contributed by atoms with Crippen LogP contribution >= 0.6 is 0 Å². The maximum Gasteiger partial charge on any atom is 0.416 e. The quantitative estimate of drug-likeness (QED) is 0.840. The predicted octanol–water partition coefficient (Wildman–Crippen LogP) is 4.12. The summed E-state index contributed by atoms with van der Waals surface area (Å²) in [4.78, 5) is 12.5. The number of hydrogen-bond donors (Lipinski definition) is 2. The third-order valence-electron chi connectivity index (χ3n) is 4.71. The Balaban J connectivity index is 1.69. The first-order valence-corrected chi connectivity index (χ1v) is 8.64. The molecule has 1 amide bonds. The van der Waals surface area contributed by atoms with Crippen LogP contribution in [-0.2, 0) is 30.6 Å². The number of benzene rings is 2. The summed E-state index contributed by atoms with van der Waals surface area (Å²) in [6, 6.07) is 11.1. The van der Waals surface area contributed by atoms with E-state index in [1.54, 1.807) is 13.0 Å². The number of alkyl halides is 3. The molecule has 1 unspecified atom stereocenters. The van der Waals surface area contributed by atoms with Crippen LogP contribution in [0, 0.1) is 0 Å². The van der Waals surface area contributed by atoms with Gasteiger partial charge in [-0.1, -0.05) is 43.3 Å². The Morgan fingerprint density at radius 3 is 2.65 bits per heavy atom. The molecule has 26 heavy (non-hydrogen) atoms. The Morgan fingerprint density at radius 1 is 1.15 bits per heavy atom. The van der Waals surface area contributed by atoms with Crippen molar-refractivity contribution in [3.8, 4) is 0 Å². The highest BCUT2D eigenvalue weighted by molar-refractivity contribution is 5.83. The minimum atomic E-state index is -4.41. The van der Waals surface area contributed by atoms with Gasteiger partial charge in [0.15, 0.2) is 0 Å². The van der Waals surface area contributed by atoms with E-state index in [1.165, 1.54) is 17.2 Å². The van der Waals surface area contributed by atoms with Crippen LogP contribution in [0.5, 0.6) is 0 Å². The van der Waals surface area contributed by atoms with Crippen molar-refractivity contribution in [3.05, 3.63) is 70.3 Å². The number of halogens is 3. The monoisotopic (exact) mass is 362 g/mol. The van der Waals surface area contributed by atoms with Crippen LogP contribution in [0.1, 0.15) is 47.1 Å². The Bertz CT molecular complexity index is 802. The van der Waals surface area contributed by atoms with Gasteiger partial charge in [-0.15, -0.1) is 0 Å². The highest BCUT2D eigenvalue weighted by Gasteiger charge is 2.31.